The molecule has 0 aromatic heterocycles. The lowest BCUT2D eigenvalue weighted by atomic mass is 9.97. The fraction of sp³-hybridized carbons (Fsp3) is 0.636. The Kier molecular flexibility index (Phi) is 6.42. The molecule has 0 aliphatic carbocycles. The van der Waals surface area contributed by atoms with E-state index in [0.29, 0.717) is 18.7 Å². The fourth-order valence-corrected chi connectivity index (χ4v) is 1.13. The number of carbonyl (C=O) groups is 1. The van der Waals surface area contributed by atoms with Crippen molar-refractivity contribution < 1.29 is 13.9 Å². The minimum Gasteiger partial charge on any atom is -0.468 e. The number of aliphatic imine (C=N–C) groups is 1. The van der Waals surface area contributed by atoms with Crippen molar-refractivity contribution in [1.82, 2.24) is 0 Å². The average Bonchev–Trinajstić information content (AvgIpc) is 2.24. The first-order chi connectivity index (χ1) is 7.79. The molecule has 17 heavy (non-hydrogen) atoms. The van der Waals surface area contributed by atoms with Gasteiger partial charge in [-0.25, -0.2) is 4.39 Å². The Balaban J connectivity index is 4.17. The third kappa shape index (κ3) is 6.68. The summed E-state index contributed by atoms with van der Waals surface area (Å²) in [5.41, 5.74) is 9.88. The molecule has 0 bridgehead atoms. The number of methoxy groups -OCH3 is 1. The normalized spacial score (nSPS) is 16.5. The number of rotatable bonds is 6. The van der Waals surface area contributed by atoms with Gasteiger partial charge in [0.1, 0.15) is 11.4 Å². The van der Waals surface area contributed by atoms with Crippen LogP contribution in [0.5, 0.6) is 0 Å². The molecule has 0 fully saturated rings. The number of nitrogens with zero attached hydrogens (tertiary/aromatic N) is 1. The van der Waals surface area contributed by atoms with Crippen molar-refractivity contribution in [2.45, 2.75) is 32.2 Å². The van der Waals surface area contributed by atoms with Crippen LogP contribution in [0.15, 0.2) is 16.9 Å². The number of hydrogen-bond donors (Lipinski definition) is 2. The van der Waals surface area contributed by atoms with Crippen LogP contribution in [0.1, 0.15) is 26.7 Å². The van der Waals surface area contributed by atoms with Gasteiger partial charge >= 0.3 is 5.97 Å². The Morgan fingerprint density at radius 3 is 2.65 bits per heavy atom. The molecule has 0 spiro atoms. The van der Waals surface area contributed by atoms with Crippen LogP contribution >= 0.6 is 0 Å². The smallest absolute Gasteiger partial charge is 0.325 e. The van der Waals surface area contributed by atoms with Crippen molar-refractivity contribution in [3.8, 4) is 0 Å². The molecule has 0 saturated heterocycles. The summed E-state index contributed by atoms with van der Waals surface area (Å²) >= 11 is 0. The van der Waals surface area contributed by atoms with E-state index in [9.17, 15) is 9.18 Å². The zero-order chi connectivity index (χ0) is 13.5. The van der Waals surface area contributed by atoms with Gasteiger partial charge in [0, 0.05) is 0 Å². The van der Waals surface area contributed by atoms with E-state index in [0.717, 1.165) is 0 Å². The van der Waals surface area contributed by atoms with Gasteiger partial charge in [-0.05, 0) is 26.7 Å². The quantitative estimate of drug-likeness (QED) is 0.413. The van der Waals surface area contributed by atoms with Gasteiger partial charge in [-0.1, -0.05) is 6.08 Å². The van der Waals surface area contributed by atoms with Crippen LogP contribution in [0, 0.1) is 0 Å². The van der Waals surface area contributed by atoms with Crippen molar-refractivity contribution in [3.63, 3.8) is 0 Å². The van der Waals surface area contributed by atoms with Crippen LogP contribution in [-0.4, -0.2) is 31.0 Å². The van der Waals surface area contributed by atoms with Gasteiger partial charge in [-0.2, -0.15) is 0 Å². The van der Waals surface area contributed by atoms with E-state index in [-0.39, 0.29) is 6.54 Å². The SMILES string of the molecule is COC(=O)[C@@](C)(N)CC/C=C(/F)CN=C(C)N. The lowest BCUT2D eigenvalue weighted by Crippen LogP contribution is -2.45. The van der Waals surface area contributed by atoms with Crippen LogP contribution in [0.3, 0.4) is 0 Å². The third-order valence-corrected chi connectivity index (χ3v) is 2.16. The Hall–Kier alpha value is -1.43. The molecule has 0 radical (unpaired) electrons. The van der Waals surface area contributed by atoms with Crippen molar-refractivity contribution in [1.29, 1.82) is 0 Å². The van der Waals surface area contributed by atoms with Crippen LogP contribution < -0.4 is 11.5 Å². The minimum absolute atomic E-state index is 0.0815. The second kappa shape index (κ2) is 7.01. The molecule has 0 aromatic carbocycles. The zero-order valence-corrected chi connectivity index (χ0v) is 10.5. The third-order valence-electron chi connectivity index (χ3n) is 2.16. The molecular formula is C11H20FN3O2. The molecule has 1 atom stereocenters. The molecule has 5 nitrogen and oxygen atoms in total. The molecular weight excluding hydrogens is 225 g/mol. The lowest BCUT2D eigenvalue weighted by molar-refractivity contribution is -0.146. The van der Waals surface area contributed by atoms with E-state index in [1.165, 1.54) is 13.2 Å². The van der Waals surface area contributed by atoms with E-state index >= 15 is 0 Å². The monoisotopic (exact) mass is 245 g/mol. The summed E-state index contributed by atoms with van der Waals surface area (Å²) in [5.74, 6) is -0.579. The number of allylic oxidation sites excluding steroid dienone is 1. The van der Waals surface area contributed by atoms with E-state index in [2.05, 4.69) is 9.73 Å². The number of halogens is 1. The Bertz CT molecular complexity index is 321. The topological polar surface area (TPSA) is 90.7 Å². The maximum absolute atomic E-state index is 13.2. The highest BCUT2D eigenvalue weighted by atomic mass is 19.1. The largest absolute Gasteiger partial charge is 0.468 e. The van der Waals surface area contributed by atoms with Gasteiger partial charge in [0.05, 0.1) is 19.5 Å². The number of ether oxygens (including phenoxy) is 1. The summed E-state index contributed by atoms with van der Waals surface area (Å²) in [6, 6.07) is 0. The molecule has 0 amide bonds. The van der Waals surface area contributed by atoms with Crippen molar-refractivity contribution in [2.75, 3.05) is 13.7 Å². The maximum atomic E-state index is 13.2. The second-order valence-corrected chi connectivity index (χ2v) is 4.06. The van der Waals surface area contributed by atoms with Gasteiger partial charge < -0.3 is 16.2 Å². The zero-order valence-electron chi connectivity index (χ0n) is 10.5. The summed E-state index contributed by atoms with van der Waals surface area (Å²) in [4.78, 5) is 14.9. The molecule has 0 unspecified atom stereocenters. The number of nitrogens with two attached hydrogens (primary N) is 2. The molecule has 0 aliphatic heterocycles. The van der Waals surface area contributed by atoms with Crippen LogP contribution in [0.2, 0.25) is 0 Å². The molecule has 0 heterocycles. The van der Waals surface area contributed by atoms with Crippen LogP contribution in [-0.2, 0) is 9.53 Å². The number of hydrogen-bond acceptors (Lipinski definition) is 4. The van der Waals surface area contributed by atoms with E-state index in [4.69, 9.17) is 11.5 Å². The molecule has 0 aromatic rings. The summed E-state index contributed by atoms with van der Waals surface area (Å²) in [5, 5.41) is 0. The number of esters is 1. The van der Waals surface area contributed by atoms with Gasteiger partial charge in [0.25, 0.3) is 0 Å². The molecule has 0 aliphatic rings. The summed E-state index contributed by atoms with van der Waals surface area (Å²) < 4.78 is 17.7. The lowest BCUT2D eigenvalue weighted by Gasteiger charge is -2.20. The second-order valence-electron chi connectivity index (χ2n) is 4.06. The molecule has 98 valence electrons. The van der Waals surface area contributed by atoms with Crippen LogP contribution in [0.25, 0.3) is 0 Å². The molecule has 6 heteroatoms. The van der Waals surface area contributed by atoms with Crippen molar-refractivity contribution in [2.24, 2.45) is 16.5 Å². The summed E-state index contributed by atoms with van der Waals surface area (Å²) in [7, 11) is 1.27. The predicted octanol–water partition coefficient (Wildman–Crippen LogP) is 0.887. The summed E-state index contributed by atoms with van der Waals surface area (Å²) in [6.45, 7) is 3.05. The van der Waals surface area contributed by atoms with Gasteiger partial charge in [0.2, 0.25) is 0 Å². The highest BCUT2D eigenvalue weighted by Gasteiger charge is 2.28. The predicted molar refractivity (Wildman–Crippen MR) is 65.2 cm³/mol. The van der Waals surface area contributed by atoms with Gasteiger partial charge in [-0.3, -0.25) is 9.79 Å². The summed E-state index contributed by atoms with van der Waals surface area (Å²) in [6.07, 6.45) is 1.99. The Morgan fingerprint density at radius 2 is 2.18 bits per heavy atom. The van der Waals surface area contributed by atoms with Crippen molar-refractivity contribution >= 4 is 11.8 Å². The molecule has 4 N–H and O–H groups in total. The van der Waals surface area contributed by atoms with E-state index in [1.54, 1.807) is 13.8 Å². The van der Waals surface area contributed by atoms with Gasteiger partial charge in [0.15, 0.2) is 0 Å². The fourth-order valence-electron chi connectivity index (χ4n) is 1.13. The standard InChI is InChI=1S/C11H20FN3O2/c1-8(13)15-7-9(12)5-4-6-11(2,14)10(16)17-3/h5H,4,6-7,14H2,1-3H3,(H2,13,15)/b9-5+/t11-/m0/s1. The van der Waals surface area contributed by atoms with Crippen LogP contribution in [0.4, 0.5) is 4.39 Å². The first-order valence-corrected chi connectivity index (χ1v) is 5.28. The van der Waals surface area contributed by atoms with E-state index in [1.807, 2.05) is 0 Å². The molecule has 0 rings (SSSR count). The highest BCUT2D eigenvalue weighted by molar-refractivity contribution is 5.79. The highest BCUT2D eigenvalue weighted by Crippen LogP contribution is 2.12. The van der Waals surface area contributed by atoms with Crippen molar-refractivity contribution in [3.05, 3.63) is 11.9 Å². The number of carbonyl (C=O) groups excluding carboxylic acids is 1. The average molecular weight is 245 g/mol. The Labute approximate surface area is 101 Å². The number of amidine groups is 1. The van der Waals surface area contributed by atoms with Gasteiger partial charge in [-0.15, -0.1) is 0 Å². The minimum atomic E-state index is -1.10. The molecule has 0 saturated carbocycles. The first-order valence-electron chi connectivity index (χ1n) is 5.28. The maximum Gasteiger partial charge on any atom is 0.325 e. The Morgan fingerprint density at radius 1 is 1.59 bits per heavy atom. The van der Waals surface area contributed by atoms with E-state index < -0.39 is 17.3 Å². The first kappa shape index (κ1) is 15.6.